The van der Waals surface area contributed by atoms with Gasteiger partial charge in [-0.25, -0.2) is 0 Å². The van der Waals surface area contributed by atoms with Crippen molar-refractivity contribution in [2.45, 2.75) is 77.2 Å². The van der Waals surface area contributed by atoms with E-state index >= 15 is 0 Å². The fourth-order valence-electron chi connectivity index (χ4n) is 4.16. The zero-order valence-corrected chi connectivity index (χ0v) is 16.5. The zero-order chi connectivity index (χ0) is 21.3. The number of hydrogen-bond acceptors (Lipinski definition) is 4. The van der Waals surface area contributed by atoms with Crippen LogP contribution in [0, 0.1) is 22.7 Å². The van der Waals surface area contributed by atoms with Crippen molar-refractivity contribution < 1.29 is 28.5 Å². The van der Waals surface area contributed by atoms with Gasteiger partial charge in [0, 0.05) is 12.8 Å². The van der Waals surface area contributed by atoms with Crippen molar-refractivity contribution in [3.63, 3.8) is 0 Å². The highest BCUT2D eigenvalue weighted by molar-refractivity contribution is 5.33. The second-order valence-corrected chi connectivity index (χ2v) is 8.75. The number of nitriles is 1. The standard InChI is InChI=1S/C21H28F3NO3/c1-13-6-14(11-25)4-5-15(13)10-20(28,21(22,23)24)12-19(2,3)16-7-17(26)9-18(27)8-16/h7-8,14,17,26-28H,4-6,9-10,12H2,1-3H3. The first kappa shape index (κ1) is 22.5. The summed E-state index contributed by atoms with van der Waals surface area (Å²) in [5.74, 6) is -0.289. The van der Waals surface area contributed by atoms with E-state index in [0.29, 0.717) is 30.4 Å². The number of alkyl halides is 3. The molecule has 0 aliphatic heterocycles. The van der Waals surface area contributed by atoms with Crippen LogP contribution in [0.5, 0.6) is 0 Å². The molecule has 3 N–H and O–H groups in total. The van der Waals surface area contributed by atoms with Crippen LogP contribution in [0.1, 0.15) is 59.3 Å². The van der Waals surface area contributed by atoms with Gasteiger partial charge in [0.2, 0.25) is 0 Å². The van der Waals surface area contributed by atoms with Crippen molar-refractivity contribution in [2.75, 3.05) is 0 Å². The fourth-order valence-corrected chi connectivity index (χ4v) is 4.16. The molecule has 28 heavy (non-hydrogen) atoms. The highest BCUT2D eigenvalue weighted by atomic mass is 19.4. The first-order valence-corrected chi connectivity index (χ1v) is 9.43. The SMILES string of the molecule is CC1=C(CC(O)(CC(C)(C)C2=CC(O)CC(O)=C2)C(F)(F)F)CCC(C#N)C1. The average Bonchev–Trinajstić information content (AvgIpc) is 2.54. The molecule has 3 atom stereocenters. The topological polar surface area (TPSA) is 84.5 Å². The summed E-state index contributed by atoms with van der Waals surface area (Å²) in [5, 5.41) is 39.4. The molecule has 0 fully saturated rings. The molecule has 3 unspecified atom stereocenters. The number of nitrogens with zero attached hydrogens (tertiary/aromatic N) is 1. The summed E-state index contributed by atoms with van der Waals surface area (Å²) in [7, 11) is 0. The van der Waals surface area contributed by atoms with E-state index in [2.05, 4.69) is 6.07 Å². The van der Waals surface area contributed by atoms with Crippen LogP contribution in [-0.2, 0) is 0 Å². The minimum atomic E-state index is -4.84. The summed E-state index contributed by atoms with van der Waals surface area (Å²) >= 11 is 0. The molecule has 2 rings (SSSR count). The van der Waals surface area contributed by atoms with Gasteiger partial charge in [0.15, 0.2) is 5.60 Å². The van der Waals surface area contributed by atoms with Crippen molar-refractivity contribution in [1.82, 2.24) is 0 Å². The molecule has 0 amide bonds. The molecule has 0 saturated heterocycles. The van der Waals surface area contributed by atoms with Crippen LogP contribution >= 0.6 is 0 Å². The third-order valence-electron chi connectivity index (χ3n) is 5.79. The Labute approximate surface area is 163 Å². The third kappa shape index (κ3) is 4.98. The fraction of sp³-hybridized carbons (Fsp3) is 0.667. The molecule has 0 bridgehead atoms. The molecule has 2 aliphatic carbocycles. The zero-order valence-electron chi connectivity index (χ0n) is 16.5. The average molecular weight is 399 g/mol. The van der Waals surface area contributed by atoms with Gasteiger partial charge >= 0.3 is 6.18 Å². The molecular weight excluding hydrogens is 371 g/mol. The molecule has 0 aromatic heterocycles. The van der Waals surface area contributed by atoms with Crippen LogP contribution in [-0.4, -0.2) is 33.2 Å². The number of halogens is 3. The van der Waals surface area contributed by atoms with Crippen molar-refractivity contribution in [2.24, 2.45) is 11.3 Å². The Kier molecular flexibility index (Phi) is 6.37. The molecule has 0 aromatic carbocycles. The molecule has 2 aliphatic rings. The van der Waals surface area contributed by atoms with Gasteiger partial charge in [0.05, 0.1) is 23.9 Å². The van der Waals surface area contributed by atoms with Crippen LogP contribution in [0.3, 0.4) is 0 Å². The van der Waals surface area contributed by atoms with E-state index in [4.69, 9.17) is 5.26 Å². The molecular formula is C21H28F3NO3. The molecule has 0 radical (unpaired) electrons. The van der Waals surface area contributed by atoms with E-state index in [1.165, 1.54) is 12.2 Å². The lowest BCUT2D eigenvalue weighted by Crippen LogP contribution is -2.49. The lowest BCUT2D eigenvalue weighted by molar-refractivity contribution is -0.268. The Morgan fingerprint density at radius 1 is 1.25 bits per heavy atom. The summed E-state index contributed by atoms with van der Waals surface area (Å²) in [5.41, 5.74) is -2.41. The van der Waals surface area contributed by atoms with Crippen molar-refractivity contribution in [3.05, 3.63) is 34.6 Å². The molecule has 0 aromatic rings. The van der Waals surface area contributed by atoms with Gasteiger partial charge in [-0.05, 0) is 49.7 Å². The van der Waals surface area contributed by atoms with Crippen LogP contribution in [0.15, 0.2) is 34.6 Å². The molecule has 0 saturated carbocycles. The predicted molar refractivity (Wildman–Crippen MR) is 99.1 cm³/mol. The van der Waals surface area contributed by atoms with E-state index in [1.807, 2.05) is 0 Å². The minimum absolute atomic E-state index is 0.0231. The summed E-state index contributed by atoms with van der Waals surface area (Å²) < 4.78 is 41.8. The van der Waals surface area contributed by atoms with Crippen molar-refractivity contribution >= 4 is 0 Å². The molecule has 4 nitrogen and oxygen atoms in total. The number of rotatable bonds is 5. The summed E-state index contributed by atoms with van der Waals surface area (Å²) in [4.78, 5) is 0. The van der Waals surface area contributed by atoms with Crippen molar-refractivity contribution in [3.8, 4) is 6.07 Å². The Morgan fingerprint density at radius 2 is 1.89 bits per heavy atom. The Balaban J connectivity index is 2.32. The number of aliphatic hydroxyl groups excluding tert-OH is 2. The second-order valence-electron chi connectivity index (χ2n) is 8.75. The molecule has 0 spiro atoms. The van der Waals surface area contributed by atoms with E-state index in [0.717, 1.165) is 5.57 Å². The lowest BCUT2D eigenvalue weighted by atomic mass is 9.70. The first-order valence-electron chi connectivity index (χ1n) is 9.43. The second kappa shape index (κ2) is 7.92. The van der Waals surface area contributed by atoms with Gasteiger partial charge < -0.3 is 15.3 Å². The Morgan fingerprint density at radius 3 is 2.39 bits per heavy atom. The molecule has 156 valence electrons. The van der Waals surface area contributed by atoms with Gasteiger partial charge in [-0.15, -0.1) is 0 Å². The van der Waals surface area contributed by atoms with Gasteiger partial charge in [0.1, 0.15) is 0 Å². The maximum Gasteiger partial charge on any atom is 0.417 e. The maximum absolute atomic E-state index is 13.9. The van der Waals surface area contributed by atoms with Gasteiger partial charge in [0.25, 0.3) is 0 Å². The van der Waals surface area contributed by atoms with Crippen LogP contribution in [0.4, 0.5) is 13.2 Å². The highest BCUT2D eigenvalue weighted by Crippen LogP contribution is 2.48. The number of hydrogen-bond donors (Lipinski definition) is 3. The van der Waals surface area contributed by atoms with E-state index in [9.17, 15) is 28.5 Å². The Hall–Kier alpha value is -1.78. The van der Waals surface area contributed by atoms with Crippen LogP contribution in [0.2, 0.25) is 0 Å². The lowest BCUT2D eigenvalue weighted by Gasteiger charge is -2.40. The Bertz CT molecular complexity index is 743. The summed E-state index contributed by atoms with van der Waals surface area (Å²) in [6.45, 7) is 4.85. The maximum atomic E-state index is 13.9. The highest BCUT2D eigenvalue weighted by Gasteiger charge is 2.56. The van der Waals surface area contributed by atoms with E-state index in [1.54, 1.807) is 20.8 Å². The van der Waals surface area contributed by atoms with Gasteiger partial charge in [-0.3, -0.25) is 0 Å². The first-order chi connectivity index (χ1) is 12.8. The largest absolute Gasteiger partial charge is 0.512 e. The van der Waals surface area contributed by atoms with Crippen LogP contribution in [0.25, 0.3) is 0 Å². The quantitative estimate of drug-likeness (QED) is 0.577. The smallest absolute Gasteiger partial charge is 0.417 e. The molecule has 0 heterocycles. The van der Waals surface area contributed by atoms with Crippen LogP contribution < -0.4 is 0 Å². The van der Waals surface area contributed by atoms with Crippen molar-refractivity contribution in [1.29, 1.82) is 5.26 Å². The summed E-state index contributed by atoms with van der Waals surface area (Å²) in [6.07, 6.45) is -2.84. The predicted octanol–water partition coefficient (Wildman–Crippen LogP) is 4.86. The van der Waals surface area contributed by atoms with E-state index in [-0.39, 0.29) is 18.1 Å². The van der Waals surface area contributed by atoms with Gasteiger partial charge in [-0.2, -0.15) is 18.4 Å². The number of aliphatic hydroxyl groups is 3. The monoisotopic (exact) mass is 399 g/mol. The number of allylic oxidation sites excluding steroid dienone is 3. The minimum Gasteiger partial charge on any atom is -0.512 e. The normalized spacial score (nSPS) is 26.2. The summed E-state index contributed by atoms with van der Waals surface area (Å²) in [6, 6.07) is 2.16. The van der Waals surface area contributed by atoms with Gasteiger partial charge in [-0.1, -0.05) is 31.1 Å². The van der Waals surface area contributed by atoms with E-state index < -0.39 is 36.1 Å². The third-order valence-corrected chi connectivity index (χ3v) is 5.79. The molecule has 7 heteroatoms.